The van der Waals surface area contributed by atoms with E-state index in [9.17, 15) is 9.59 Å². The van der Waals surface area contributed by atoms with Gasteiger partial charge in [0.1, 0.15) is 5.03 Å². The van der Waals surface area contributed by atoms with Gasteiger partial charge in [-0.3, -0.25) is 9.59 Å². The van der Waals surface area contributed by atoms with Gasteiger partial charge < -0.3 is 4.74 Å². The number of Topliss-reactive ketones (excluding diaryl/α,β-unsaturated/α-hetero) is 1. The van der Waals surface area contributed by atoms with Crippen LogP contribution < -0.4 is 0 Å². The maximum Gasteiger partial charge on any atom is 0.327 e. The van der Waals surface area contributed by atoms with Crippen LogP contribution >= 0.6 is 11.8 Å². The maximum atomic E-state index is 11.8. The standard InChI is InChI=1S/C14H14N2O3S/c1-3-19-14(18)12(9(2)17)20-13-11-7-5-4-6-10(11)8-15-16-13/h4-8,12H,3H2,1-2H3/t12-/m0/s1. The summed E-state index contributed by atoms with van der Waals surface area (Å²) in [6.45, 7) is 3.31. The van der Waals surface area contributed by atoms with E-state index in [1.165, 1.54) is 6.92 Å². The zero-order valence-corrected chi connectivity index (χ0v) is 12.0. The fraction of sp³-hybridized carbons (Fsp3) is 0.286. The molecule has 0 unspecified atom stereocenters. The molecule has 0 radical (unpaired) electrons. The SMILES string of the molecule is CCOC(=O)[C@@H](Sc1nncc2ccccc12)C(C)=O. The van der Waals surface area contributed by atoms with Crippen molar-refractivity contribution in [3.8, 4) is 0 Å². The minimum Gasteiger partial charge on any atom is -0.465 e. The maximum absolute atomic E-state index is 11.8. The number of ether oxygens (including phenoxy) is 1. The number of hydrogen-bond acceptors (Lipinski definition) is 6. The summed E-state index contributed by atoms with van der Waals surface area (Å²) in [7, 11) is 0. The van der Waals surface area contributed by atoms with E-state index < -0.39 is 11.2 Å². The number of aromatic nitrogens is 2. The highest BCUT2D eigenvalue weighted by molar-refractivity contribution is 8.01. The summed E-state index contributed by atoms with van der Waals surface area (Å²) in [5.41, 5.74) is 0. The molecule has 1 aromatic heterocycles. The van der Waals surface area contributed by atoms with Gasteiger partial charge in [-0.15, -0.1) is 5.10 Å². The first-order chi connectivity index (χ1) is 9.63. The lowest BCUT2D eigenvalue weighted by Crippen LogP contribution is -2.27. The Bertz CT molecular complexity index is 640. The quantitative estimate of drug-likeness (QED) is 0.478. The van der Waals surface area contributed by atoms with Crippen molar-refractivity contribution in [3.63, 3.8) is 0 Å². The van der Waals surface area contributed by atoms with E-state index in [1.807, 2.05) is 24.3 Å². The average Bonchev–Trinajstić information content (AvgIpc) is 2.44. The van der Waals surface area contributed by atoms with E-state index in [2.05, 4.69) is 10.2 Å². The van der Waals surface area contributed by atoms with E-state index in [4.69, 9.17) is 4.74 Å². The highest BCUT2D eigenvalue weighted by Crippen LogP contribution is 2.29. The van der Waals surface area contributed by atoms with Crippen LogP contribution in [-0.2, 0) is 14.3 Å². The fourth-order valence-corrected chi connectivity index (χ4v) is 2.68. The van der Waals surface area contributed by atoms with Crippen LogP contribution in [0.2, 0.25) is 0 Å². The van der Waals surface area contributed by atoms with Crippen molar-refractivity contribution in [2.24, 2.45) is 0 Å². The monoisotopic (exact) mass is 290 g/mol. The molecule has 5 nitrogen and oxygen atoms in total. The van der Waals surface area contributed by atoms with Crippen molar-refractivity contribution in [3.05, 3.63) is 30.5 Å². The van der Waals surface area contributed by atoms with Crippen LogP contribution in [0, 0.1) is 0 Å². The first kappa shape index (κ1) is 14.5. The lowest BCUT2D eigenvalue weighted by molar-refractivity contribution is -0.144. The van der Waals surface area contributed by atoms with Gasteiger partial charge in [-0.1, -0.05) is 36.0 Å². The van der Waals surface area contributed by atoms with Crippen molar-refractivity contribution in [2.75, 3.05) is 6.61 Å². The molecular weight excluding hydrogens is 276 g/mol. The minimum absolute atomic E-state index is 0.240. The predicted molar refractivity (Wildman–Crippen MR) is 76.5 cm³/mol. The molecule has 1 aromatic carbocycles. The molecule has 1 heterocycles. The molecule has 0 spiro atoms. The Kier molecular flexibility index (Phi) is 4.68. The van der Waals surface area contributed by atoms with Gasteiger partial charge in [0.2, 0.25) is 0 Å². The van der Waals surface area contributed by atoms with Crippen molar-refractivity contribution < 1.29 is 14.3 Å². The van der Waals surface area contributed by atoms with Gasteiger partial charge in [0.15, 0.2) is 11.0 Å². The number of thioether (sulfide) groups is 1. The molecule has 0 saturated heterocycles. The molecule has 0 N–H and O–H groups in total. The van der Waals surface area contributed by atoms with Crippen molar-refractivity contribution in [1.82, 2.24) is 10.2 Å². The highest BCUT2D eigenvalue weighted by Gasteiger charge is 2.27. The topological polar surface area (TPSA) is 69.2 Å². The van der Waals surface area contributed by atoms with E-state index >= 15 is 0 Å². The fourth-order valence-electron chi connectivity index (χ4n) is 1.72. The van der Waals surface area contributed by atoms with Crippen molar-refractivity contribution in [2.45, 2.75) is 24.1 Å². The number of rotatable bonds is 5. The number of nitrogens with zero attached hydrogens (tertiary/aromatic N) is 2. The molecule has 0 aliphatic heterocycles. The lowest BCUT2D eigenvalue weighted by atomic mass is 10.2. The van der Waals surface area contributed by atoms with Crippen molar-refractivity contribution >= 4 is 34.3 Å². The number of fused-ring (bicyclic) bond motifs is 1. The van der Waals surface area contributed by atoms with Gasteiger partial charge in [0.25, 0.3) is 0 Å². The smallest absolute Gasteiger partial charge is 0.327 e. The Balaban J connectivity index is 2.34. The Labute approximate surface area is 120 Å². The number of carbonyl (C=O) groups excluding carboxylic acids is 2. The number of hydrogen-bond donors (Lipinski definition) is 0. The summed E-state index contributed by atoms with van der Waals surface area (Å²) >= 11 is 1.08. The number of esters is 1. The minimum atomic E-state index is -0.907. The molecule has 20 heavy (non-hydrogen) atoms. The second kappa shape index (κ2) is 6.47. The zero-order chi connectivity index (χ0) is 14.5. The predicted octanol–water partition coefficient (Wildman–Crippen LogP) is 2.24. The summed E-state index contributed by atoms with van der Waals surface area (Å²) in [5, 5.41) is 9.34. The molecule has 2 aromatic rings. The molecule has 104 valence electrons. The third-order valence-electron chi connectivity index (χ3n) is 2.64. The number of benzene rings is 1. The van der Waals surface area contributed by atoms with E-state index in [1.54, 1.807) is 13.1 Å². The van der Waals surface area contributed by atoms with Crippen LogP contribution in [0.1, 0.15) is 13.8 Å². The zero-order valence-electron chi connectivity index (χ0n) is 11.2. The Morgan fingerprint density at radius 2 is 2.10 bits per heavy atom. The van der Waals surface area contributed by atoms with Crippen molar-refractivity contribution in [1.29, 1.82) is 0 Å². The van der Waals surface area contributed by atoms with Gasteiger partial charge in [0, 0.05) is 10.8 Å². The summed E-state index contributed by atoms with van der Waals surface area (Å²) in [5.74, 6) is -0.803. The largest absolute Gasteiger partial charge is 0.465 e. The molecule has 1 atom stereocenters. The summed E-state index contributed by atoms with van der Waals surface area (Å²) in [4.78, 5) is 23.4. The Hall–Kier alpha value is -1.95. The molecule has 6 heteroatoms. The van der Waals surface area contributed by atoms with Crippen LogP contribution in [0.4, 0.5) is 0 Å². The average molecular weight is 290 g/mol. The van der Waals surface area contributed by atoms with Gasteiger partial charge >= 0.3 is 5.97 Å². The third kappa shape index (κ3) is 3.14. The third-order valence-corrected chi connectivity index (χ3v) is 3.92. The normalized spacial score (nSPS) is 12.1. The number of carbonyl (C=O) groups is 2. The van der Waals surface area contributed by atoms with Crippen LogP contribution in [0.15, 0.2) is 35.5 Å². The number of ketones is 1. The van der Waals surface area contributed by atoms with Gasteiger partial charge in [-0.05, 0) is 13.8 Å². The van der Waals surface area contributed by atoms with Gasteiger partial charge in [-0.25, -0.2) is 0 Å². The molecule has 2 rings (SSSR count). The molecular formula is C14H14N2O3S. The lowest BCUT2D eigenvalue weighted by Gasteiger charge is -2.12. The first-order valence-corrected chi connectivity index (χ1v) is 7.05. The summed E-state index contributed by atoms with van der Waals surface area (Å²) in [6, 6.07) is 7.56. The first-order valence-electron chi connectivity index (χ1n) is 6.17. The molecule has 0 aliphatic rings. The van der Waals surface area contributed by atoms with Gasteiger partial charge in [0.05, 0.1) is 12.8 Å². The molecule has 0 bridgehead atoms. The molecule has 0 aliphatic carbocycles. The highest BCUT2D eigenvalue weighted by atomic mass is 32.2. The molecule has 0 fully saturated rings. The van der Waals surface area contributed by atoms with E-state index in [0.29, 0.717) is 5.03 Å². The Morgan fingerprint density at radius 1 is 1.35 bits per heavy atom. The van der Waals surface area contributed by atoms with E-state index in [-0.39, 0.29) is 12.4 Å². The second-order valence-corrected chi connectivity index (χ2v) is 5.19. The van der Waals surface area contributed by atoms with Crippen LogP contribution in [-0.4, -0.2) is 33.8 Å². The molecule has 0 amide bonds. The van der Waals surface area contributed by atoms with E-state index in [0.717, 1.165) is 22.5 Å². The second-order valence-electron chi connectivity index (χ2n) is 4.10. The van der Waals surface area contributed by atoms with Crippen LogP contribution in [0.5, 0.6) is 0 Å². The molecule has 0 saturated carbocycles. The Morgan fingerprint density at radius 3 is 2.80 bits per heavy atom. The summed E-state index contributed by atoms with van der Waals surface area (Å²) < 4.78 is 4.92. The van der Waals surface area contributed by atoms with Gasteiger partial charge in [-0.2, -0.15) is 5.10 Å². The van der Waals surface area contributed by atoms with Crippen LogP contribution in [0.3, 0.4) is 0 Å². The summed E-state index contributed by atoms with van der Waals surface area (Å²) in [6.07, 6.45) is 1.65. The van der Waals surface area contributed by atoms with Crippen LogP contribution in [0.25, 0.3) is 10.8 Å².